The molecule has 0 aromatic heterocycles. The molecule has 0 fully saturated rings. The third-order valence-electron chi connectivity index (χ3n) is 1.93. The molecule has 0 spiro atoms. The molecule has 2 N–H and O–H groups in total. The summed E-state index contributed by atoms with van der Waals surface area (Å²) >= 11 is 9.89. The normalized spacial score (nSPS) is 12.1. The van der Waals surface area contributed by atoms with E-state index in [1.54, 1.807) is 13.8 Å². The third-order valence-corrected chi connectivity index (χ3v) is 2.33. The van der Waals surface area contributed by atoms with Crippen LogP contribution in [0.1, 0.15) is 41.0 Å². The third kappa shape index (κ3) is 9.62. The molecule has 0 radical (unpaired) electrons. The number of ether oxygens (including phenoxy) is 2. The van der Waals surface area contributed by atoms with Crippen molar-refractivity contribution in [2.75, 3.05) is 6.61 Å². The average Bonchev–Trinajstić information content (AvgIpc) is 2.38. The Kier molecular flexibility index (Phi) is 9.83. The maximum atomic E-state index is 5.24. The molecule has 0 aromatic carbocycles. The average molecular weight is 318 g/mol. The first kappa shape index (κ1) is 18.7. The van der Waals surface area contributed by atoms with E-state index in [9.17, 15) is 0 Å². The Morgan fingerprint density at radius 3 is 2.00 bits per heavy atom. The number of hydrogen-bond donors (Lipinski definition) is 2. The SMILES string of the molecule is CCCOC(=S)NN=C(C)C(C)=NNC(=S)OC(C)C. The minimum Gasteiger partial charge on any atom is -0.470 e. The van der Waals surface area contributed by atoms with Gasteiger partial charge in [-0.05, 0) is 58.6 Å². The molecule has 0 saturated heterocycles. The first-order valence-corrected chi connectivity index (χ1v) is 7.16. The first-order valence-electron chi connectivity index (χ1n) is 6.35. The van der Waals surface area contributed by atoms with Gasteiger partial charge in [-0.3, -0.25) is 0 Å². The molecule has 0 atom stereocenters. The number of hydrogen-bond acceptors (Lipinski definition) is 6. The van der Waals surface area contributed by atoms with Crippen LogP contribution in [0.2, 0.25) is 0 Å². The molecule has 20 heavy (non-hydrogen) atoms. The Bertz CT molecular complexity index is 395. The maximum absolute atomic E-state index is 5.24. The van der Waals surface area contributed by atoms with Crippen molar-refractivity contribution in [2.45, 2.75) is 47.1 Å². The zero-order valence-corrected chi connectivity index (χ0v) is 14.2. The number of hydrazone groups is 2. The van der Waals surface area contributed by atoms with E-state index in [4.69, 9.17) is 33.9 Å². The smallest absolute Gasteiger partial charge is 0.277 e. The van der Waals surface area contributed by atoms with Crippen molar-refractivity contribution in [3.05, 3.63) is 0 Å². The van der Waals surface area contributed by atoms with Gasteiger partial charge in [0.2, 0.25) is 0 Å². The Labute approximate surface area is 131 Å². The lowest BCUT2D eigenvalue weighted by molar-refractivity contribution is 0.225. The van der Waals surface area contributed by atoms with Crippen LogP contribution in [0.25, 0.3) is 0 Å². The van der Waals surface area contributed by atoms with Gasteiger partial charge in [-0.25, -0.2) is 10.9 Å². The van der Waals surface area contributed by atoms with E-state index in [1.807, 2.05) is 20.8 Å². The molecule has 0 saturated carbocycles. The fourth-order valence-corrected chi connectivity index (χ4v) is 1.26. The van der Waals surface area contributed by atoms with Crippen LogP contribution in [-0.4, -0.2) is 34.5 Å². The molecule has 0 aliphatic heterocycles. The van der Waals surface area contributed by atoms with E-state index in [2.05, 4.69) is 21.1 Å². The molecule has 8 heteroatoms. The number of nitrogens with zero attached hydrogens (tertiary/aromatic N) is 2. The van der Waals surface area contributed by atoms with Crippen molar-refractivity contribution in [2.24, 2.45) is 10.2 Å². The molecule has 0 unspecified atom stereocenters. The Hall–Kier alpha value is -1.28. The standard InChI is InChI=1S/C12H22N4O2S2/c1-6-7-17-11(19)15-13-9(4)10(5)14-16-12(20)18-8(2)3/h8H,6-7H2,1-5H3,(H,15,19)(H,16,20). The Morgan fingerprint density at radius 2 is 1.55 bits per heavy atom. The van der Waals surface area contributed by atoms with Crippen LogP contribution < -0.4 is 10.9 Å². The second-order valence-corrected chi connectivity index (χ2v) is 4.95. The van der Waals surface area contributed by atoms with Crippen molar-refractivity contribution in [3.63, 3.8) is 0 Å². The number of rotatable bonds is 6. The summed E-state index contributed by atoms with van der Waals surface area (Å²) in [5.74, 6) is 0. The van der Waals surface area contributed by atoms with Gasteiger partial charge in [0.25, 0.3) is 10.3 Å². The zero-order chi connectivity index (χ0) is 15.5. The van der Waals surface area contributed by atoms with Gasteiger partial charge >= 0.3 is 0 Å². The van der Waals surface area contributed by atoms with E-state index in [0.717, 1.165) is 6.42 Å². The number of thiocarbonyl (C=S) groups is 2. The van der Waals surface area contributed by atoms with Gasteiger partial charge < -0.3 is 9.47 Å². The van der Waals surface area contributed by atoms with Gasteiger partial charge in [0.15, 0.2) is 0 Å². The molecule has 0 heterocycles. The Morgan fingerprint density at radius 1 is 1.05 bits per heavy atom. The van der Waals surface area contributed by atoms with E-state index in [1.165, 1.54) is 0 Å². The van der Waals surface area contributed by atoms with Crippen LogP contribution in [0.3, 0.4) is 0 Å². The van der Waals surface area contributed by atoms with Gasteiger partial charge in [-0.1, -0.05) is 6.92 Å². The lowest BCUT2D eigenvalue weighted by Crippen LogP contribution is -2.26. The minimum absolute atomic E-state index is 0.00928. The summed E-state index contributed by atoms with van der Waals surface area (Å²) in [6, 6.07) is 0. The summed E-state index contributed by atoms with van der Waals surface area (Å²) < 4.78 is 10.4. The van der Waals surface area contributed by atoms with Crippen LogP contribution in [0, 0.1) is 0 Å². The second-order valence-electron chi connectivity index (χ2n) is 4.21. The summed E-state index contributed by atoms with van der Waals surface area (Å²) in [7, 11) is 0. The Balaban J connectivity index is 4.27. The minimum atomic E-state index is 0.00928. The molecule has 6 nitrogen and oxygen atoms in total. The van der Waals surface area contributed by atoms with Crippen molar-refractivity contribution in [1.29, 1.82) is 0 Å². The lowest BCUT2D eigenvalue weighted by Gasteiger charge is -2.10. The quantitative estimate of drug-likeness (QED) is 0.445. The highest BCUT2D eigenvalue weighted by atomic mass is 32.1. The maximum Gasteiger partial charge on any atom is 0.277 e. The fourth-order valence-electron chi connectivity index (χ4n) is 0.888. The molecule has 0 aliphatic carbocycles. The van der Waals surface area contributed by atoms with Crippen LogP contribution >= 0.6 is 24.4 Å². The largest absolute Gasteiger partial charge is 0.470 e. The molecule has 0 rings (SSSR count). The summed E-state index contributed by atoms with van der Waals surface area (Å²) in [6.45, 7) is 9.93. The highest BCUT2D eigenvalue weighted by Crippen LogP contribution is 1.90. The predicted molar refractivity (Wildman–Crippen MR) is 90.1 cm³/mol. The molecule has 0 aromatic rings. The van der Waals surface area contributed by atoms with E-state index in [0.29, 0.717) is 18.0 Å². The number of nitrogens with one attached hydrogen (secondary N) is 2. The van der Waals surface area contributed by atoms with Crippen LogP contribution in [0.5, 0.6) is 0 Å². The topological polar surface area (TPSA) is 67.2 Å². The van der Waals surface area contributed by atoms with Crippen LogP contribution in [0.4, 0.5) is 0 Å². The van der Waals surface area contributed by atoms with Gasteiger partial charge in [-0.2, -0.15) is 10.2 Å². The van der Waals surface area contributed by atoms with Crippen molar-refractivity contribution in [1.82, 2.24) is 10.9 Å². The van der Waals surface area contributed by atoms with Crippen LogP contribution in [0.15, 0.2) is 10.2 Å². The molecular formula is C12H22N4O2S2. The second kappa shape index (κ2) is 10.5. The molecule has 0 amide bonds. The highest BCUT2D eigenvalue weighted by Gasteiger charge is 2.02. The summed E-state index contributed by atoms with van der Waals surface area (Å²) in [6.07, 6.45) is 0.900. The predicted octanol–water partition coefficient (Wildman–Crippen LogP) is 2.34. The highest BCUT2D eigenvalue weighted by molar-refractivity contribution is 7.80. The van der Waals surface area contributed by atoms with Gasteiger partial charge in [0.1, 0.15) is 0 Å². The summed E-state index contributed by atoms with van der Waals surface area (Å²) in [4.78, 5) is 0. The van der Waals surface area contributed by atoms with Gasteiger partial charge in [0, 0.05) is 0 Å². The molecule has 0 bridgehead atoms. The monoisotopic (exact) mass is 318 g/mol. The summed E-state index contributed by atoms with van der Waals surface area (Å²) in [5, 5.41) is 8.59. The van der Waals surface area contributed by atoms with E-state index in [-0.39, 0.29) is 16.5 Å². The van der Waals surface area contributed by atoms with Gasteiger partial charge in [-0.15, -0.1) is 0 Å². The lowest BCUT2D eigenvalue weighted by atomic mass is 10.3. The van der Waals surface area contributed by atoms with Crippen molar-refractivity contribution in [3.8, 4) is 0 Å². The van der Waals surface area contributed by atoms with Crippen LogP contribution in [-0.2, 0) is 9.47 Å². The fraction of sp³-hybridized carbons (Fsp3) is 0.667. The molecule has 114 valence electrons. The summed E-state index contributed by atoms with van der Waals surface area (Å²) in [5.41, 5.74) is 6.60. The molecular weight excluding hydrogens is 296 g/mol. The molecule has 0 aliphatic rings. The van der Waals surface area contributed by atoms with Crippen molar-refractivity contribution >= 4 is 46.2 Å². The van der Waals surface area contributed by atoms with Crippen molar-refractivity contribution < 1.29 is 9.47 Å². The van der Waals surface area contributed by atoms with E-state index < -0.39 is 0 Å². The zero-order valence-electron chi connectivity index (χ0n) is 12.5. The van der Waals surface area contributed by atoms with E-state index >= 15 is 0 Å². The van der Waals surface area contributed by atoms with Gasteiger partial charge in [0.05, 0.1) is 24.1 Å². The first-order chi connectivity index (χ1) is 9.36.